The average Bonchev–Trinajstić information content (AvgIpc) is 3.35. The molecule has 0 fully saturated rings. The molecule has 0 atom stereocenters. The maximum absolute atomic E-state index is 11.5. The van der Waals surface area contributed by atoms with Crippen LogP contribution in [0.1, 0.15) is 29.4 Å². The molecule has 7 nitrogen and oxygen atoms in total. The Kier molecular flexibility index (Phi) is 4.71. The number of rotatable bonds is 4. The minimum atomic E-state index is -0.131. The molecule has 0 unspecified atom stereocenters. The van der Waals surface area contributed by atoms with Crippen LogP contribution in [0.5, 0.6) is 0 Å². The van der Waals surface area contributed by atoms with Crippen molar-refractivity contribution < 1.29 is 4.79 Å². The number of anilines is 1. The van der Waals surface area contributed by atoms with Gasteiger partial charge in [-0.1, -0.05) is 23.5 Å². The van der Waals surface area contributed by atoms with Gasteiger partial charge < -0.3 is 10.7 Å². The van der Waals surface area contributed by atoms with Gasteiger partial charge in [-0.25, -0.2) is 9.67 Å². The summed E-state index contributed by atoms with van der Waals surface area (Å²) in [6.07, 6.45) is 4.80. The Morgan fingerprint density at radius 1 is 1.19 bits per heavy atom. The van der Waals surface area contributed by atoms with Crippen molar-refractivity contribution in [2.75, 3.05) is 5.32 Å². The van der Waals surface area contributed by atoms with Gasteiger partial charge >= 0.3 is 0 Å². The van der Waals surface area contributed by atoms with Crippen LogP contribution in [-0.2, 0) is 17.6 Å². The predicted molar refractivity (Wildman–Crippen MR) is 122 cm³/mol. The number of carbonyl (C=O) groups excluding carboxylic acids is 1. The Bertz CT molecular complexity index is 1300. The fourth-order valence-electron chi connectivity index (χ4n) is 3.81. The number of carbonyl (C=O) groups is 1. The highest BCUT2D eigenvalue weighted by Gasteiger charge is 2.30. The van der Waals surface area contributed by atoms with E-state index in [0.717, 1.165) is 62.9 Å². The van der Waals surface area contributed by atoms with Crippen LogP contribution < -0.4 is 5.32 Å². The van der Waals surface area contributed by atoms with Crippen LogP contribution in [0, 0.1) is 12.3 Å². The number of hydrogen-bond acceptors (Lipinski definition) is 6. The number of hydrogen-bond donors (Lipinski definition) is 2. The molecule has 0 spiro atoms. The lowest BCUT2D eigenvalue weighted by atomic mass is 9.95. The fourth-order valence-corrected chi connectivity index (χ4v) is 4.93. The quantitative estimate of drug-likeness (QED) is 0.470. The average molecular weight is 429 g/mol. The second-order valence-corrected chi connectivity index (χ2v) is 8.49. The van der Waals surface area contributed by atoms with Crippen LogP contribution in [0.2, 0.25) is 0 Å². The lowest BCUT2D eigenvalue weighted by molar-refractivity contribution is -0.114. The van der Waals surface area contributed by atoms with Crippen LogP contribution in [-0.4, -0.2) is 31.9 Å². The second-order valence-electron chi connectivity index (χ2n) is 7.49. The normalized spacial score (nSPS) is 12.2. The molecule has 1 aromatic carbocycles. The third-order valence-electron chi connectivity index (χ3n) is 5.28. The standard InChI is InChI=1S/C23H20N6OS/c1-13-3-6-16(12-25-13)20-18-9-10-19-22(31-23(27-19)26-14(2)30)21(18)29(28-20)17-7-4-15(11-24)5-8-17/h3-8,11-12,24H,9-10H2,1-2H3,(H,26,27,30). The summed E-state index contributed by atoms with van der Waals surface area (Å²) in [5.41, 5.74) is 7.75. The Morgan fingerprint density at radius 2 is 2.00 bits per heavy atom. The van der Waals surface area contributed by atoms with Crippen molar-refractivity contribution in [1.29, 1.82) is 5.41 Å². The summed E-state index contributed by atoms with van der Waals surface area (Å²) < 4.78 is 1.95. The Balaban J connectivity index is 1.72. The highest BCUT2D eigenvalue weighted by atomic mass is 32.1. The van der Waals surface area contributed by atoms with E-state index in [1.54, 1.807) is 0 Å². The minimum absolute atomic E-state index is 0.131. The number of nitrogens with zero attached hydrogens (tertiary/aromatic N) is 4. The zero-order valence-electron chi connectivity index (χ0n) is 17.1. The van der Waals surface area contributed by atoms with Gasteiger partial charge in [-0.05, 0) is 49.6 Å². The van der Waals surface area contributed by atoms with Gasteiger partial charge in [0.25, 0.3) is 0 Å². The molecule has 0 aliphatic heterocycles. The molecule has 31 heavy (non-hydrogen) atoms. The van der Waals surface area contributed by atoms with Gasteiger partial charge in [0.1, 0.15) is 0 Å². The zero-order valence-corrected chi connectivity index (χ0v) is 18.0. The number of amides is 1. The van der Waals surface area contributed by atoms with Crippen molar-refractivity contribution in [3.8, 4) is 27.5 Å². The van der Waals surface area contributed by atoms with Gasteiger partial charge in [-0.2, -0.15) is 5.10 Å². The summed E-state index contributed by atoms with van der Waals surface area (Å²) in [7, 11) is 0. The van der Waals surface area contributed by atoms with Crippen LogP contribution >= 0.6 is 11.3 Å². The lowest BCUT2D eigenvalue weighted by Crippen LogP contribution is -2.07. The molecule has 1 aliphatic carbocycles. The summed E-state index contributed by atoms with van der Waals surface area (Å²) in [5, 5.41) is 15.9. The molecule has 154 valence electrons. The van der Waals surface area contributed by atoms with E-state index in [1.807, 2.05) is 48.1 Å². The van der Waals surface area contributed by atoms with Crippen molar-refractivity contribution in [2.45, 2.75) is 26.7 Å². The molecule has 3 heterocycles. The summed E-state index contributed by atoms with van der Waals surface area (Å²) in [6.45, 7) is 3.46. The van der Waals surface area contributed by atoms with Crippen LogP contribution in [0.4, 0.5) is 5.13 Å². The molecule has 4 aromatic rings. The number of nitrogens with one attached hydrogen (secondary N) is 2. The van der Waals surface area contributed by atoms with Crippen molar-refractivity contribution in [3.05, 3.63) is 65.1 Å². The van der Waals surface area contributed by atoms with E-state index in [4.69, 9.17) is 10.5 Å². The van der Waals surface area contributed by atoms with Gasteiger partial charge in [-0.3, -0.25) is 9.78 Å². The summed E-state index contributed by atoms with van der Waals surface area (Å²) in [6, 6.07) is 11.8. The fraction of sp³-hybridized carbons (Fsp3) is 0.174. The smallest absolute Gasteiger partial charge is 0.223 e. The maximum atomic E-state index is 11.5. The molecule has 3 aromatic heterocycles. The van der Waals surface area contributed by atoms with E-state index in [-0.39, 0.29) is 5.91 Å². The van der Waals surface area contributed by atoms with Gasteiger partial charge in [0.15, 0.2) is 5.13 Å². The van der Waals surface area contributed by atoms with Crippen molar-refractivity contribution >= 4 is 28.6 Å². The highest BCUT2D eigenvalue weighted by Crippen LogP contribution is 2.44. The van der Waals surface area contributed by atoms with Crippen LogP contribution in [0.15, 0.2) is 42.6 Å². The largest absolute Gasteiger partial charge is 0.308 e. The SMILES string of the molecule is CC(=O)Nc1nc2c(s1)-c1c(c(-c3ccc(C)nc3)nn1-c1ccc(C=N)cc1)CC2. The molecule has 1 amide bonds. The molecule has 0 radical (unpaired) electrons. The third-order valence-corrected chi connectivity index (χ3v) is 6.30. The van der Waals surface area contributed by atoms with E-state index in [9.17, 15) is 4.79 Å². The number of thiazole rings is 1. The molecule has 8 heteroatoms. The highest BCUT2D eigenvalue weighted by molar-refractivity contribution is 7.19. The van der Waals surface area contributed by atoms with Crippen LogP contribution in [0.3, 0.4) is 0 Å². The first-order valence-corrected chi connectivity index (χ1v) is 10.8. The van der Waals surface area contributed by atoms with E-state index in [1.165, 1.54) is 24.5 Å². The van der Waals surface area contributed by atoms with Crippen molar-refractivity contribution in [2.24, 2.45) is 0 Å². The lowest BCUT2D eigenvalue weighted by Gasteiger charge is -2.14. The molecular formula is C23H20N6OS. The van der Waals surface area contributed by atoms with Gasteiger partial charge in [0.2, 0.25) is 5.91 Å². The Morgan fingerprint density at radius 3 is 2.68 bits per heavy atom. The zero-order chi connectivity index (χ0) is 21.5. The number of aryl methyl sites for hydroxylation is 2. The monoisotopic (exact) mass is 428 g/mol. The molecule has 0 saturated carbocycles. The maximum Gasteiger partial charge on any atom is 0.223 e. The Hall–Kier alpha value is -3.65. The van der Waals surface area contributed by atoms with E-state index in [2.05, 4.69) is 21.4 Å². The molecular weight excluding hydrogens is 408 g/mol. The molecule has 0 bridgehead atoms. The minimum Gasteiger partial charge on any atom is -0.308 e. The molecule has 2 N–H and O–H groups in total. The van der Waals surface area contributed by atoms with Crippen molar-refractivity contribution in [1.82, 2.24) is 19.7 Å². The first-order valence-electron chi connectivity index (χ1n) is 9.97. The molecule has 0 saturated heterocycles. The molecule has 5 rings (SSSR count). The van der Waals surface area contributed by atoms with E-state index >= 15 is 0 Å². The third kappa shape index (κ3) is 3.44. The van der Waals surface area contributed by atoms with E-state index in [0.29, 0.717) is 5.13 Å². The van der Waals surface area contributed by atoms with Gasteiger partial charge in [0.05, 0.1) is 27.6 Å². The Labute approximate surface area is 183 Å². The summed E-state index contributed by atoms with van der Waals surface area (Å²) >= 11 is 1.48. The second kappa shape index (κ2) is 7.55. The van der Waals surface area contributed by atoms with Gasteiger partial charge in [0, 0.05) is 36.2 Å². The summed E-state index contributed by atoms with van der Waals surface area (Å²) in [5.74, 6) is -0.131. The first kappa shape index (κ1) is 19.3. The number of fused-ring (bicyclic) bond motifs is 3. The van der Waals surface area contributed by atoms with Crippen molar-refractivity contribution in [3.63, 3.8) is 0 Å². The van der Waals surface area contributed by atoms with Gasteiger partial charge in [-0.15, -0.1) is 0 Å². The summed E-state index contributed by atoms with van der Waals surface area (Å²) in [4.78, 5) is 21.7. The number of pyridine rings is 1. The first-order chi connectivity index (χ1) is 15.0. The molecule has 1 aliphatic rings. The van der Waals surface area contributed by atoms with Crippen LogP contribution in [0.25, 0.3) is 27.5 Å². The topological polar surface area (TPSA) is 96.6 Å². The number of benzene rings is 1. The van der Waals surface area contributed by atoms with E-state index < -0.39 is 0 Å². The number of aromatic nitrogens is 4. The predicted octanol–water partition coefficient (Wildman–Crippen LogP) is 4.42.